The van der Waals surface area contributed by atoms with Crippen LogP contribution >= 0.6 is 0 Å². The minimum atomic E-state index is -0.0779. The predicted octanol–water partition coefficient (Wildman–Crippen LogP) is 3.79. The van der Waals surface area contributed by atoms with E-state index < -0.39 is 0 Å². The van der Waals surface area contributed by atoms with Crippen molar-refractivity contribution in [2.45, 2.75) is 52.1 Å². The Bertz CT molecular complexity index is 884. The molecule has 1 amide bonds. The number of fused-ring (bicyclic) bond motifs is 3. The van der Waals surface area contributed by atoms with E-state index in [-0.39, 0.29) is 12.5 Å². The zero-order valence-corrected chi connectivity index (χ0v) is 20.0. The molecule has 0 aromatic heterocycles. The molecule has 2 aromatic rings. The molecular weight excluding hydrogens is 416 g/mol. The van der Waals surface area contributed by atoms with E-state index in [1.165, 1.54) is 11.1 Å². The first-order valence-corrected chi connectivity index (χ1v) is 12.1. The summed E-state index contributed by atoms with van der Waals surface area (Å²) in [5.74, 6) is 0.718. The van der Waals surface area contributed by atoms with E-state index in [0.29, 0.717) is 44.4 Å². The topological polar surface area (TPSA) is 71.0 Å². The third-order valence-electron chi connectivity index (χ3n) is 5.95. The molecule has 2 aromatic carbocycles. The van der Waals surface area contributed by atoms with Gasteiger partial charge in [0.15, 0.2) is 0 Å². The fraction of sp³-hybridized carbons (Fsp3) is 0.519. The Balaban J connectivity index is 1.78. The van der Waals surface area contributed by atoms with Crippen molar-refractivity contribution in [2.24, 2.45) is 0 Å². The third kappa shape index (κ3) is 8.14. The number of aliphatic hydroxyl groups is 1. The SMILES string of the molecule is CC(C)N1CCOCCOc2ccc(C(=O)NCCCCCO)cc2Cc2cccc(c2)C1. The summed E-state index contributed by atoms with van der Waals surface area (Å²) in [6.45, 7) is 8.69. The molecule has 1 heterocycles. The van der Waals surface area contributed by atoms with Gasteiger partial charge in [-0.15, -0.1) is 0 Å². The molecule has 1 aliphatic rings. The first-order chi connectivity index (χ1) is 16.1. The number of aliphatic hydroxyl groups excluding tert-OH is 1. The number of nitrogens with zero attached hydrogens (tertiary/aromatic N) is 1. The zero-order valence-electron chi connectivity index (χ0n) is 20.0. The molecule has 33 heavy (non-hydrogen) atoms. The monoisotopic (exact) mass is 454 g/mol. The zero-order chi connectivity index (χ0) is 23.5. The second kappa shape index (κ2) is 13.3. The van der Waals surface area contributed by atoms with E-state index >= 15 is 0 Å². The van der Waals surface area contributed by atoms with Crippen molar-refractivity contribution in [3.8, 4) is 5.75 Å². The number of carbonyl (C=O) groups excluding carboxylic acids is 1. The number of rotatable bonds is 7. The lowest BCUT2D eigenvalue weighted by atomic mass is 9.99. The highest BCUT2D eigenvalue weighted by Crippen LogP contribution is 2.25. The standard InChI is InChI=1S/C27H38N2O4/c1-21(2)29-12-14-32-15-16-33-26-10-9-24(27(31)28-11-4-3-5-13-30)19-25(26)18-22-7-6-8-23(17-22)20-29/h6-10,17,19,21,30H,3-5,11-16,18,20H2,1-2H3,(H,28,31). The van der Waals surface area contributed by atoms with Crippen LogP contribution in [-0.4, -0.2) is 61.5 Å². The Morgan fingerprint density at radius 3 is 2.73 bits per heavy atom. The second-order valence-corrected chi connectivity index (χ2v) is 8.88. The summed E-state index contributed by atoms with van der Waals surface area (Å²) in [4.78, 5) is 15.1. The number of carbonyl (C=O) groups is 1. The predicted molar refractivity (Wildman–Crippen MR) is 131 cm³/mol. The summed E-state index contributed by atoms with van der Waals surface area (Å²) < 4.78 is 11.9. The second-order valence-electron chi connectivity index (χ2n) is 8.88. The molecule has 2 N–H and O–H groups in total. The Morgan fingerprint density at radius 2 is 1.91 bits per heavy atom. The fourth-order valence-corrected chi connectivity index (χ4v) is 4.02. The van der Waals surface area contributed by atoms with Gasteiger partial charge in [0.2, 0.25) is 0 Å². The number of unbranched alkanes of at least 4 members (excludes halogenated alkanes) is 2. The molecule has 0 saturated carbocycles. The minimum absolute atomic E-state index is 0.0779. The van der Waals surface area contributed by atoms with Crippen LogP contribution in [0.25, 0.3) is 0 Å². The first kappa shape index (κ1) is 25.2. The summed E-state index contributed by atoms with van der Waals surface area (Å²) in [7, 11) is 0. The lowest BCUT2D eigenvalue weighted by molar-refractivity contribution is 0.0695. The quantitative estimate of drug-likeness (QED) is 0.623. The molecule has 0 fully saturated rings. The average Bonchev–Trinajstić information content (AvgIpc) is 2.80. The maximum atomic E-state index is 12.7. The van der Waals surface area contributed by atoms with Crippen molar-refractivity contribution in [3.05, 3.63) is 64.7 Å². The van der Waals surface area contributed by atoms with Crippen LogP contribution in [0.15, 0.2) is 42.5 Å². The number of amides is 1. The maximum Gasteiger partial charge on any atom is 0.251 e. The Hall–Kier alpha value is -2.41. The number of nitrogens with one attached hydrogen (secondary N) is 1. The molecule has 0 atom stereocenters. The highest BCUT2D eigenvalue weighted by atomic mass is 16.5. The van der Waals surface area contributed by atoms with Crippen molar-refractivity contribution in [1.29, 1.82) is 0 Å². The van der Waals surface area contributed by atoms with Crippen LogP contribution in [0.4, 0.5) is 0 Å². The number of hydrogen-bond donors (Lipinski definition) is 2. The van der Waals surface area contributed by atoms with Gasteiger partial charge in [-0.25, -0.2) is 0 Å². The highest BCUT2D eigenvalue weighted by Gasteiger charge is 2.14. The molecule has 3 rings (SSSR count). The van der Waals surface area contributed by atoms with Gasteiger partial charge in [-0.05, 0) is 68.0 Å². The maximum absolute atomic E-state index is 12.7. The molecule has 6 heteroatoms. The van der Waals surface area contributed by atoms with Gasteiger partial charge in [-0.1, -0.05) is 24.3 Å². The molecule has 0 radical (unpaired) electrons. The van der Waals surface area contributed by atoms with Crippen LogP contribution in [0.5, 0.6) is 5.75 Å². The van der Waals surface area contributed by atoms with Crippen molar-refractivity contribution in [1.82, 2.24) is 10.2 Å². The first-order valence-electron chi connectivity index (χ1n) is 12.1. The van der Waals surface area contributed by atoms with Crippen molar-refractivity contribution < 1.29 is 19.4 Å². The Morgan fingerprint density at radius 1 is 1.06 bits per heavy atom. The van der Waals surface area contributed by atoms with E-state index in [1.807, 2.05) is 18.2 Å². The van der Waals surface area contributed by atoms with Crippen LogP contribution < -0.4 is 10.1 Å². The summed E-state index contributed by atoms with van der Waals surface area (Å²) >= 11 is 0. The van der Waals surface area contributed by atoms with Gasteiger partial charge < -0.3 is 19.9 Å². The molecule has 0 saturated heterocycles. The van der Waals surface area contributed by atoms with E-state index in [0.717, 1.165) is 43.7 Å². The number of benzene rings is 2. The van der Waals surface area contributed by atoms with Gasteiger partial charge in [-0.2, -0.15) is 0 Å². The highest BCUT2D eigenvalue weighted by molar-refractivity contribution is 5.94. The number of hydrogen-bond acceptors (Lipinski definition) is 5. The normalized spacial score (nSPS) is 15.4. The Kier molecular flexibility index (Phi) is 10.2. The lowest BCUT2D eigenvalue weighted by Gasteiger charge is -2.27. The Labute approximate surface area is 197 Å². The van der Waals surface area contributed by atoms with E-state index in [2.05, 4.69) is 48.3 Å². The molecule has 0 spiro atoms. The summed E-state index contributed by atoms with van der Waals surface area (Å²) in [6.07, 6.45) is 3.23. The summed E-state index contributed by atoms with van der Waals surface area (Å²) in [5.41, 5.74) is 4.12. The van der Waals surface area contributed by atoms with Crippen LogP contribution in [0.2, 0.25) is 0 Å². The largest absolute Gasteiger partial charge is 0.491 e. The fourth-order valence-electron chi connectivity index (χ4n) is 4.02. The van der Waals surface area contributed by atoms with Crippen LogP contribution in [0, 0.1) is 0 Å². The molecule has 0 unspecified atom stereocenters. The van der Waals surface area contributed by atoms with Gasteiger partial charge >= 0.3 is 0 Å². The summed E-state index contributed by atoms with van der Waals surface area (Å²) in [5, 5.41) is 11.9. The van der Waals surface area contributed by atoms with Crippen LogP contribution in [0.3, 0.4) is 0 Å². The molecule has 180 valence electrons. The molecule has 0 aliphatic carbocycles. The molecule has 1 aliphatic heterocycles. The van der Waals surface area contributed by atoms with Gasteiger partial charge in [0.05, 0.1) is 13.2 Å². The van der Waals surface area contributed by atoms with Crippen molar-refractivity contribution in [2.75, 3.05) is 39.5 Å². The van der Waals surface area contributed by atoms with Crippen molar-refractivity contribution in [3.63, 3.8) is 0 Å². The summed E-state index contributed by atoms with van der Waals surface area (Å²) in [6, 6.07) is 14.8. The van der Waals surface area contributed by atoms with Gasteiger partial charge in [0.25, 0.3) is 5.91 Å². The molecule has 6 nitrogen and oxygen atoms in total. The van der Waals surface area contributed by atoms with Gasteiger partial charge in [0.1, 0.15) is 12.4 Å². The lowest BCUT2D eigenvalue weighted by Crippen LogP contribution is -2.33. The van der Waals surface area contributed by atoms with E-state index in [1.54, 1.807) is 0 Å². The minimum Gasteiger partial charge on any atom is -0.491 e. The third-order valence-corrected chi connectivity index (χ3v) is 5.95. The molecular formula is C27H38N2O4. The van der Waals surface area contributed by atoms with Crippen molar-refractivity contribution >= 4 is 5.91 Å². The smallest absolute Gasteiger partial charge is 0.251 e. The van der Waals surface area contributed by atoms with E-state index in [9.17, 15) is 4.79 Å². The average molecular weight is 455 g/mol. The van der Waals surface area contributed by atoms with Gasteiger partial charge in [-0.3, -0.25) is 9.69 Å². The van der Waals surface area contributed by atoms with Crippen LogP contribution in [0.1, 0.15) is 60.2 Å². The van der Waals surface area contributed by atoms with E-state index in [4.69, 9.17) is 14.6 Å². The molecule has 2 bridgehead atoms. The van der Waals surface area contributed by atoms with Crippen LogP contribution in [-0.2, 0) is 17.7 Å². The number of ether oxygens (including phenoxy) is 2. The van der Waals surface area contributed by atoms with Gasteiger partial charge in [0, 0.05) is 44.3 Å².